The van der Waals surface area contributed by atoms with E-state index in [-0.39, 0.29) is 5.91 Å². The Kier molecular flexibility index (Phi) is 5.51. The zero-order chi connectivity index (χ0) is 18.0. The number of amides is 1. The maximum atomic E-state index is 12.2. The number of rotatable bonds is 4. The molecule has 0 bridgehead atoms. The summed E-state index contributed by atoms with van der Waals surface area (Å²) in [6.07, 6.45) is 0. The van der Waals surface area contributed by atoms with Crippen LogP contribution in [-0.4, -0.2) is 41.0 Å². The zero-order valence-electron chi connectivity index (χ0n) is 15.3. The van der Waals surface area contributed by atoms with E-state index in [9.17, 15) is 4.79 Å². The summed E-state index contributed by atoms with van der Waals surface area (Å²) < 4.78 is 0. The highest BCUT2D eigenvalue weighted by Gasteiger charge is 2.24. The Labute approximate surface area is 153 Å². The van der Waals surface area contributed by atoms with Crippen LogP contribution in [0.25, 0.3) is 0 Å². The van der Waals surface area contributed by atoms with Crippen molar-refractivity contribution in [1.82, 2.24) is 15.2 Å². The molecule has 2 unspecified atom stereocenters. The lowest BCUT2D eigenvalue weighted by molar-refractivity contribution is -0.115. The van der Waals surface area contributed by atoms with Gasteiger partial charge in [0.1, 0.15) is 0 Å². The quantitative estimate of drug-likeness (QED) is 0.911. The van der Waals surface area contributed by atoms with Crippen molar-refractivity contribution in [2.24, 2.45) is 0 Å². The topological polar surface area (TPSA) is 48.5 Å². The molecule has 1 aromatic heterocycles. The maximum absolute atomic E-state index is 12.2. The van der Waals surface area contributed by atoms with Gasteiger partial charge in [-0.25, -0.2) is 4.98 Å². The predicted molar refractivity (Wildman–Crippen MR) is 103 cm³/mol. The fourth-order valence-electron chi connectivity index (χ4n) is 3.12. The van der Waals surface area contributed by atoms with Gasteiger partial charge in [-0.15, -0.1) is 11.3 Å². The number of carbonyl (C=O) groups excluding carboxylic acids is 1. The molecule has 1 aliphatic heterocycles. The van der Waals surface area contributed by atoms with Gasteiger partial charge in [-0.1, -0.05) is 17.7 Å². The summed E-state index contributed by atoms with van der Waals surface area (Å²) in [7, 11) is 0. The first-order valence-electron chi connectivity index (χ1n) is 8.73. The van der Waals surface area contributed by atoms with E-state index < -0.39 is 0 Å². The summed E-state index contributed by atoms with van der Waals surface area (Å²) in [6.45, 7) is 10.9. The Hall–Kier alpha value is -1.76. The van der Waals surface area contributed by atoms with Crippen molar-refractivity contribution in [2.75, 3.05) is 18.0 Å². The van der Waals surface area contributed by atoms with Crippen LogP contribution >= 0.6 is 11.3 Å². The molecule has 1 saturated heterocycles. The lowest BCUT2D eigenvalue weighted by Gasteiger charge is -2.37. The van der Waals surface area contributed by atoms with E-state index in [0.29, 0.717) is 12.1 Å². The van der Waals surface area contributed by atoms with E-state index in [0.717, 1.165) is 36.1 Å². The molecule has 1 aliphatic rings. The molecule has 0 aliphatic carbocycles. The number of hydrogen-bond donors (Lipinski definition) is 1. The van der Waals surface area contributed by atoms with Crippen LogP contribution in [0, 0.1) is 6.92 Å². The third-order valence-electron chi connectivity index (χ3n) is 4.60. The Morgan fingerprint density at radius 3 is 2.76 bits per heavy atom. The molecule has 3 rings (SSSR count). The van der Waals surface area contributed by atoms with Crippen LogP contribution in [-0.2, 0) is 11.3 Å². The fraction of sp³-hybridized carbons (Fsp3) is 0.474. The molecule has 1 fully saturated rings. The molecular weight excluding hydrogens is 332 g/mol. The molecule has 2 atom stereocenters. The highest BCUT2D eigenvalue weighted by atomic mass is 32.1. The monoisotopic (exact) mass is 358 g/mol. The van der Waals surface area contributed by atoms with Gasteiger partial charge >= 0.3 is 0 Å². The number of benzene rings is 1. The van der Waals surface area contributed by atoms with Gasteiger partial charge in [-0.05, 0) is 32.9 Å². The Morgan fingerprint density at radius 2 is 2.08 bits per heavy atom. The van der Waals surface area contributed by atoms with Gasteiger partial charge in [0, 0.05) is 44.0 Å². The molecule has 0 radical (unpaired) electrons. The van der Waals surface area contributed by atoms with E-state index >= 15 is 0 Å². The van der Waals surface area contributed by atoms with E-state index in [1.54, 1.807) is 11.8 Å². The van der Waals surface area contributed by atoms with Crippen molar-refractivity contribution >= 4 is 28.1 Å². The number of aromatic nitrogens is 1. The molecule has 134 valence electrons. The molecule has 25 heavy (non-hydrogen) atoms. The first-order chi connectivity index (χ1) is 11.9. The third-order valence-corrected chi connectivity index (χ3v) is 5.47. The number of carbonyl (C=O) groups is 1. The Morgan fingerprint density at radius 1 is 1.36 bits per heavy atom. The number of aryl methyl sites for hydroxylation is 1. The highest BCUT2D eigenvalue weighted by Crippen LogP contribution is 2.29. The van der Waals surface area contributed by atoms with Crippen LogP contribution < -0.4 is 10.2 Å². The number of hydrogen-bond acceptors (Lipinski definition) is 5. The molecule has 0 saturated carbocycles. The Balaban J connectivity index is 1.78. The summed E-state index contributed by atoms with van der Waals surface area (Å²) in [4.78, 5) is 21.1. The number of nitrogens with one attached hydrogen (secondary N) is 1. The minimum atomic E-state index is -0.0195. The second-order valence-corrected chi connectivity index (χ2v) is 7.74. The summed E-state index contributed by atoms with van der Waals surface area (Å²) in [6, 6.07) is 8.96. The number of piperazine rings is 1. The largest absolute Gasteiger partial charge is 0.311 e. The molecular formula is C19H26N4OS. The molecule has 6 heteroatoms. The number of thiazole rings is 1. The molecule has 2 heterocycles. The molecule has 1 N–H and O–H groups in total. The molecule has 5 nitrogen and oxygen atoms in total. The normalized spacial score (nSPS) is 21.3. The predicted octanol–water partition coefficient (Wildman–Crippen LogP) is 3.32. The van der Waals surface area contributed by atoms with Crippen LogP contribution in [0.4, 0.5) is 10.8 Å². The van der Waals surface area contributed by atoms with Crippen molar-refractivity contribution < 1.29 is 4.79 Å². The SMILES string of the molecule is CC(=O)N(c1ccc(C)cc1)c1nc(CN2CC(C)NCC2C)cs1. The van der Waals surface area contributed by atoms with Gasteiger partial charge < -0.3 is 5.32 Å². The smallest absolute Gasteiger partial charge is 0.230 e. The first-order valence-corrected chi connectivity index (χ1v) is 9.61. The van der Waals surface area contributed by atoms with Gasteiger partial charge in [0.25, 0.3) is 0 Å². The van der Waals surface area contributed by atoms with Gasteiger partial charge in [0.2, 0.25) is 5.91 Å². The van der Waals surface area contributed by atoms with Crippen LogP contribution in [0.1, 0.15) is 32.0 Å². The molecule has 0 spiro atoms. The molecule has 2 aromatic rings. The maximum Gasteiger partial charge on any atom is 0.230 e. The number of anilines is 2. The first kappa shape index (κ1) is 18.0. The molecule has 1 amide bonds. The third kappa shape index (κ3) is 4.26. The van der Waals surface area contributed by atoms with Crippen LogP contribution in [0.2, 0.25) is 0 Å². The summed E-state index contributed by atoms with van der Waals surface area (Å²) >= 11 is 1.53. The van der Waals surface area contributed by atoms with Crippen LogP contribution in [0.5, 0.6) is 0 Å². The Bertz CT molecular complexity index is 727. The van der Waals surface area contributed by atoms with Crippen molar-refractivity contribution in [2.45, 2.75) is 46.3 Å². The zero-order valence-corrected chi connectivity index (χ0v) is 16.1. The minimum Gasteiger partial charge on any atom is -0.311 e. The second kappa shape index (κ2) is 7.64. The van der Waals surface area contributed by atoms with Crippen molar-refractivity contribution in [3.8, 4) is 0 Å². The second-order valence-electron chi connectivity index (χ2n) is 6.90. The number of nitrogens with zero attached hydrogens (tertiary/aromatic N) is 3. The minimum absolute atomic E-state index is 0.0195. The van der Waals surface area contributed by atoms with E-state index in [2.05, 4.69) is 29.4 Å². The van der Waals surface area contributed by atoms with E-state index in [4.69, 9.17) is 4.98 Å². The average molecular weight is 359 g/mol. The lowest BCUT2D eigenvalue weighted by atomic mass is 10.1. The summed E-state index contributed by atoms with van der Waals surface area (Å²) in [5.74, 6) is -0.0195. The van der Waals surface area contributed by atoms with Crippen LogP contribution in [0.3, 0.4) is 0 Å². The average Bonchev–Trinajstić information content (AvgIpc) is 3.01. The summed E-state index contributed by atoms with van der Waals surface area (Å²) in [5.41, 5.74) is 3.07. The lowest BCUT2D eigenvalue weighted by Crippen LogP contribution is -2.53. The van der Waals surface area contributed by atoms with E-state index in [1.807, 2.05) is 31.2 Å². The van der Waals surface area contributed by atoms with Crippen LogP contribution in [0.15, 0.2) is 29.6 Å². The van der Waals surface area contributed by atoms with Crippen molar-refractivity contribution in [1.29, 1.82) is 0 Å². The van der Waals surface area contributed by atoms with Gasteiger partial charge in [-0.3, -0.25) is 14.6 Å². The molecule has 1 aromatic carbocycles. The van der Waals surface area contributed by atoms with Crippen molar-refractivity contribution in [3.05, 3.63) is 40.9 Å². The standard InChI is InChI=1S/C19H26N4OS/c1-13-5-7-18(8-6-13)23(16(4)24)19-21-17(12-25-19)11-22-10-14(2)20-9-15(22)3/h5-8,12,14-15,20H,9-11H2,1-4H3. The summed E-state index contributed by atoms with van der Waals surface area (Å²) in [5, 5.41) is 6.31. The fourth-order valence-corrected chi connectivity index (χ4v) is 4.00. The van der Waals surface area contributed by atoms with Gasteiger partial charge in [-0.2, -0.15) is 0 Å². The van der Waals surface area contributed by atoms with Gasteiger partial charge in [0.15, 0.2) is 5.13 Å². The highest BCUT2D eigenvalue weighted by molar-refractivity contribution is 7.14. The van der Waals surface area contributed by atoms with E-state index in [1.165, 1.54) is 16.9 Å². The van der Waals surface area contributed by atoms with Crippen molar-refractivity contribution in [3.63, 3.8) is 0 Å². The van der Waals surface area contributed by atoms with Gasteiger partial charge in [0.05, 0.1) is 11.4 Å².